The molecule has 0 saturated carbocycles. The van der Waals surface area contributed by atoms with Crippen LogP contribution >= 0.6 is 0 Å². The van der Waals surface area contributed by atoms with Crippen LogP contribution in [-0.4, -0.2) is 24.2 Å². The van der Waals surface area contributed by atoms with Gasteiger partial charge in [0.2, 0.25) is 5.91 Å². The smallest absolute Gasteiger partial charge is 0.295 e. The lowest BCUT2D eigenvalue weighted by Gasteiger charge is -2.12. The first-order chi connectivity index (χ1) is 6.97. The van der Waals surface area contributed by atoms with Crippen LogP contribution < -0.4 is 5.32 Å². The standard InChI is InChI=1S/C10H17F2NO2/c1-3-4-9(15)13-7(2)5-6-8(14)10(11)12/h7,10H,3-6H2,1-2H3,(H,13,15). The fourth-order valence-electron chi connectivity index (χ4n) is 1.11. The van der Waals surface area contributed by atoms with Crippen molar-refractivity contribution in [2.45, 2.75) is 52.0 Å². The zero-order chi connectivity index (χ0) is 11.8. The van der Waals surface area contributed by atoms with Crippen molar-refractivity contribution in [1.29, 1.82) is 0 Å². The number of carbonyl (C=O) groups excluding carboxylic acids is 2. The Hall–Kier alpha value is -1.00. The van der Waals surface area contributed by atoms with Crippen LogP contribution in [0, 0.1) is 0 Å². The molecule has 5 heteroatoms. The molecule has 0 aromatic carbocycles. The molecule has 88 valence electrons. The van der Waals surface area contributed by atoms with E-state index in [9.17, 15) is 18.4 Å². The third kappa shape index (κ3) is 6.99. The van der Waals surface area contributed by atoms with Gasteiger partial charge in [-0.3, -0.25) is 9.59 Å². The monoisotopic (exact) mass is 221 g/mol. The van der Waals surface area contributed by atoms with Crippen molar-refractivity contribution < 1.29 is 18.4 Å². The molecule has 0 radical (unpaired) electrons. The van der Waals surface area contributed by atoms with Crippen molar-refractivity contribution in [2.24, 2.45) is 0 Å². The molecule has 3 nitrogen and oxygen atoms in total. The minimum absolute atomic E-state index is 0.102. The normalized spacial score (nSPS) is 12.6. The fraction of sp³-hybridized carbons (Fsp3) is 0.800. The molecule has 0 aromatic rings. The number of rotatable bonds is 7. The maximum absolute atomic E-state index is 11.8. The van der Waals surface area contributed by atoms with Crippen LogP contribution in [-0.2, 0) is 9.59 Å². The maximum atomic E-state index is 11.8. The van der Waals surface area contributed by atoms with Crippen LogP contribution in [0.5, 0.6) is 0 Å². The summed E-state index contributed by atoms with van der Waals surface area (Å²) >= 11 is 0. The fourth-order valence-corrected chi connectivity index (χ4v) is 1.11. The summed E-state index contributed by atoms with van der Waals surface area (Å²) in [5, 5.41) is 2.64. The minimum atomic E-state index is -2.90. The number of ketones is 1. The largest absolute Gasteiger partial charge is 0.354 e. The molecule has 0 bridgehead atoms. The number of nitrogens with one attached hydrogen (secondary N) is 1. The molecule has 0 aliphatic carbocycles. The zero-order valence-electron chi connectivity index (χ0n) is 9.06. The summed E-state index contributed by atoms with van der Waals surface area (Å²) < 4.78 is 23.7. The number of alkyl halides is 2. The Kier molecular flexibility index (Phi) is 6.83. The molecule has 15 heavy (non-hydrogen) atoms. The summed E-state index contributed by atoms with van der Waals surface area (Å²) in [6.45, 7) is 3.58. The Balaban J connectivity index is 3.70. The van der Waals surface area contributed by atoms with Crippen LogP contribution in [0.3, 0.4) is 0 Å². The van der Waals surface area contributed by atoms with E-state index in [4.69, 9.17) is 0 Å². The van der Waals surface area contributed by atoms with Crippen LogP contribution in [0.1, 0.15) is 39.5 Å². The lowest BCUT2D eigenvalue weighted by atomic mass is 10.1. The molecule has 0 aliphatic rings. The molecule has 0 heterocycles. The number of amides is 1. The molecule has 0 spiro atoms. The predicted octanol–water partition coefficient (Wildman–Crippen LogP) is 1.91. The topological polar surface area (TPSA) is 46.2 Å². The van der Waals surface area contributed by atoms with Crippen LogP contribution in [0.2, 0.25) is 0 Å². The molecule has 0 aliphatic heterocycles. The molecule has 0 fully saturated rings. The molecular formula is C10H17F2NO2. The van der Waals surface area contributed by atoms with Crippen molar-refractivity contribution in [2.75, 3.05) is 0 Å². The lowest BCUT2D eigenvalue weighted by molar-refractivity contribution is -0.130. The van der Waals surface area contributed by atoms with Gasteiger partial charge < -0.3 is 5.32 Å². The number of halogens is 2. The van der Waals surface area contributed by atoms with E-state index in [0.717, 1.165) is 6.42 Å². The number of Topliss-reactive ketones (excluding diaryl/α,β-unsaturated/α-hetero) is 1. The molecule has 1 unspecified atom stereocenters. The highest BCUT2D eigenvalue weighted by Crippen LogP contribution is 2.04. The number of hydrogen-bond acceptors (Lipinski definition) is 2. The van der Waals surface area contributed by atoms with Crippen molar-refractivity contribution in [3.8, 4) is 0 Å². The highest BCUT2D eigenvalue weighted by Gasteiger charge is 2.16. The maximum Gasteiger partial charge on any atom is 0.295 e. The van der Waals surface area contributed by atoms with Gasteiger partial charge in [-0.25, -0.2) is 8.78 Å². The Morgan fingerprint density at radius 2 is 1.87 bits per heavy atom. The van der Waals surface area contributed by atoms with E-state index in [1.165, 1.54) is 0 Å². The van der Waals surface area contributed by atoms with E-state index < -0.39 is 12.2 Å². The predicted molar refractivity (Wildman–Crippen MR) is 52.8 cm³/mol. The summed E-state index contributed by atoms with van der Waals surface area (Å²) in [5.74, 6) is -1.17. The van der Waals surface area contributed by atoms with Gasteiger partial charge in [0.25, 0.3) is 6.43 Å². The van der Waals surface area contributed by atoms with Gasteiger partial charge in [0.1, 0.15) is 0 Å². The third-order valence-electron chi connectivity index (χ3n) is 1.95. The van der Waals surface area contributed by atoms with Crippen molar-refractivity contribution >= 4 is 11.7 Å². The van der Waals surface area contributed by atoms with Gasteiger partial charge in [-0.05, 0) is 19.8 Å². The SMILES string of the molecule is CCCC(=O)NC(C)CCC(=O)C(F)F. The van der Waals surface area contributed by atoms with E-state index in [0.29, 0.717) is 6.42 Å². The quantitative estimate of drug-likeness (QED) is 0.713. The van der Waals surface area contributed by atoms with Gasteiger partial charge in [0, 0.05) is 18.9 Å². The molecule has 1 N–H and O–H groups in total. The molecule has 0 aromatic heterocycles. The third-order valence-corrected chi connectivity index (χ3v) is 1.95. The number of hydrogen-bond donors (Lipinski definition) is 1. The summed E-state index contributed by atoms with van der Waals surface area (Å²) in [6.07, 6.45) is -1.66. The second-order valence-corrected chi connectivity index (χ2v) is 3.52. The van der Waals surface area contributed by atoms with Gasteiger partial charge in [0.15, 0.2) is 5.78 Å². The van der Waals surface area contributed by atoms with Crippen LogP contribution in [0.15, 0.2) is 0 Å². The van der Waals surface area contributed by atoms with Crippen LogP contribution in [0.4, 0.5) is 8.78 Å². The highest BCUT2D eigenvalue weighted by atomic mass is 19.3. The first-order valence-corrected chi connectivity index (χ1v) is 5.07. The van der Waals surface area contributed by atoms with Crippen molar-refractivity contribution in [1.82, 2.24) is 5.32 Å². The van der Waals surface area contributed by atoms with Crippen LogP contribution in [0.25, 0.3) is 0 Å². The van der Waals surface area contributed by atoms with Gasteiger partial charge in [-0.2, -0.15) is 0 Å². The van der Waals surface area contributed by atoms with Gasteiger partial charge in [-0.1, -0.05) is 6.92 Å². The summed E-state index contributed by atoms with van der Waals surface area (Å²) in [5.41, 5.74) is 0. The van der Waals surface area contributed by atoms with E-state index >= 15 is 0 Å². The van der Waals surface area contributed by atoms with E-state index in [-0.39, 0.29) is 24.8 Å². The van der Waals surface area contributed by atoms with Gasteiger partial charge in [0.05, 0.1) is 0 Å². The average molecular weight is 221 g/mol. The Morgan fingerprint density at radius 1 is 1.27 bits per heavy atom. The summed E-state index contributed by atoms with van der Waals surface area (Å²) in [7, 11) is 0. The second kappa shape index (κ2) is 7.31. The van der Waals surface area contributed by atoms with E-state index in [2.05, 4.69) is 5.32 Å². The Bertz CT molecular complexity index is 219. The molecule has 0 saturated heterocycles. The van der Waals surface area contributed by atoms with E-state index in [1.807, 2.05) is 6.92 Å². The summed E-state index contributed by atoms with van der Waals surface area (Å²) in [6, 6.07) is -0.230. The first-order valence-electron chi connectivity index (χ1n) is 5.07. The lowest BCUT2D eigenvalue weighted by Crippen LogP contribution is -2.32. The van der Waals surface area contributed by atoms with E-state index in [1.54, 1.807) is 6.92 Å². The van der Waals surface area contributed by atoms with Crippen molar-refractivity contribution in [3.05, 3.63) is 0 Å². The molecule has 1 atom stereocenters. The van der Waals surface area contributed by atoms with Gasteiger partial charge >= 0.3 is 0 Å². The zero-order valence-corrected chi connectivity index (χ0v) is 9.06. The van der Waals surface area contributed by atoms with Gasteiger partial charge in [-0.15, -0.1) is 0 Å². The Morgan fingerprint density at radius 3 is 2.33 bits per heavy atom. The Labute approximate surface area is 88.2 Å². The highest BCUT2D eigenvalue weighted by molar-refractivity contribution is 5.81. The molecular weight excluding hydrogens is 204 g/mol. The van der Waals surface area contributed by atoms with Crippen molar-refractivity contribution in [3.63, 3.8) is 0 Å². The summed E-state index contributed by atoms with van der Waals surface area (Å²) in [4.78, 5) is 21.7. The molecule has 1 amide bonds. The average Bonchev–Trinajstić information content (AvgIpc) is 2.14. The first kappa shape index (κ1) is 14.0. The minimum Gasteiger partial charge on any atom is -0.354 e. The molecule has 0 rings (SSSR count). The number of carbonyl (C=O) groups is 2. The second-order valence-electron chi connectivity index (χ2n) is 3.52.